The molecule has 1 saturated heterocycles. The van der Waals surface area contributed by atoms with Crippen molar-refractivity contribution in [3.05, 3.63) is 17.7 Å². The van der Waals surface area contributed by atoms with Crippen LogP contribution in [0.25, 0.3) is 0 Å². The van der Waals surface area contributed by atoms with Crippen LogP contribution in [0.1, 0.15) is 57.9 Å². The summed E-state index contributed by atoms with van der Waals surface area (Å²) < 4.78 is 0. The second-order valence-electron chi connectivity index (χ2n) is 8.38. The molecule has 1 aromatic heterocycles. The van der Waals surface area contributed by atoms with Crippen LogP contribution < -0.4 is 11.1 Å². The number of piperidine rings is 1. The summed E-state index contributed by atoms with van der Waals surface area (Å²) in [5, 5.41) is 13.1. The first kappa shape index (κ1) is 17.5. The second-order valence-corrected chi connectivity index (χ2v) is 8.38. The molecule has 2 fully saturated rings. The summed E-state index contributed by atoms with van der Waals surface area (Å²) in [5.41, 5.74) is 7.74. The zero-order valence-corrected chi connectivity index (χ0v) is 15.1. The zero-order valence-electron chi connectivity index (χ0n) is 15.1. The van der Waals surface area contributed by atoms with Gasteiger partial charge in [0.15, 0.2) is 0 Å². The van der Waals surface area contributed by atoms with Gasteiger partial charge in [-0.3, -0.25) is 4.90 Å². The Balaban J connectivity index is 1.59. The predicted molar refractivity (Wildman–Crippen MR) is 98.8 cm³/mol. The van der Waals surface area contributed by atoms with Crippen molar-refractivity contribution in [1.29, 1.82) is 0 Å². The fourth-order valence-electron chi connectivity index (χ4n) is 3.78. The van der Waals surface area contributed by atoms with Gasteiger partial charge in [-0.1, -0.05) is 13.8 Å². The highest BCUT2D eigenvalue weighted by Gasteiger charge is 2.25. The van der Waals surface area contributed by atoms with Gasteiger partial charge in [0.05, 0.1) is 6.10 Å². The Hall–Kier alpha value is -1.33. The smallest absolute Gasteiger partial charge is 0.128 e. The third kappa shape index (κ3) is 4.84. The highest BCUT2D eigenvalue weighted by Crippen LogP contribution is 2.30. The molecule has 5 heteroatoms. The molecule has 0 aromatic carbocycles. The minimum Gasteiger partial charge on any atom is -0.393 e. The maximum absolute atomic E-state index is 9.63. The van der Waals surface area contributed by atoms with Gasteiger partial charge in [-0.25, -0.2) is 4.98 Å². The topological polar surface area (TPSA) is 74.4 Å². The van der Waals surface area contributed by atoms with Crippen LogP contribution in [0.5, 0.6) is 0 Å². The standard InChI is InChI=1S/C19H32N4O/c1-19(2)7-9-23(10-8-19)13-14-11-17(20)22-18(12-14)21-15-3-5-16(24)6-4-15/h11-12,15-16,24H,3-10,13H2,1-2H3,(H3,20,21,22)/t15-,16-. The van der Waals surface area contributed by atoms with Gasteiger partial charge in [0.2, 0.25) is 0 Å². The largest absolute Gasteiger partial charge is 0.393 e. The minimum atomic E-state index is -0.129. The van der Waals surface area contributed by atoms with Crippen molar-refractivity contribution in [2.24, 2.45) is 5.41 Å². The van der Waals surface area contributed by atoms with E-state index in [9.17, 15) is 5.11 Å². The molecule has 1 saturated carbocycles. The Morgan fingerprint density at radius 1 is 1.21 bits per heavy atom. The molecule has 5 nitrogen and oxygen atoms in total. The molecule has 0 unspecified atom stereocenters. The molecular weight excluding hydrogens is 300 g/mol. The van der Waals surface area contributed by atoms with Crippen molar-refractivity contribution < 1.29 is 5.11 Å². The van der Waals surface area contributed by atoms with E-state index in [1.807, 2.05) is 6.07 Å². The summed E-state index contributed by atoms with van der Waals surface area (Å²) in [4.78, 5) is 6.96. The van der Waals surface area contributed by atoms with Crippen molar-refractivity contribution in [1.82, 2.24) is 9.88 Å². The van der Waals surface area contributed by atoms with Gasteiger partial charge in [0, 0.05) is 12.6 Å². The molecule has 1 aliphatic carbocycles. The lowest BCUT2D eigenvalue weighted by Gasteiger charge is -2.37. The van der Waals surface area contributed by atoms with Gasteiger partial charge in [0.1, 0.15) is 11.6 Å². The lowest BCUT2D eigenvalue weighted by Crippen LogP contribution is -2.36. The number of hydrogen-bond donors (Lipinski definition) is 3. The van der Waals surface area contributed by atoms with Crippen LogP contribution in [-0.4, -0.2) is 40.2 Å². The lowest BCUT2D eigenvalue weighted by atomic mass is 9.82. The van der Waals surface area contributed by atoms with Crippen molar-refractivity contribution >= 4 is 11.6 Å². The van der Waals surface area contributed by atoms with Crippen molar-refractivity contribution in [3.8, 4) is 0 Å². The van der Waals surface area contributed by atoms with E-state index in [4.69, 9.17) is 5.73 Å². The molecule has 0 atom stereocenters. The van der Waals surface area contributed by atoms with Gasteiger partial charge >= 0.3 is 0 Å². The van der Waals surface area contributed by atoms with Gasteiger partial charge in [-0.15, -0.1) is 0 Å². The molecule has 0 spiro atoms. The number of likely N-dealkylation sites (tertiary alicyclic amines) is 1. The van der Waals surface area contributed by atoms with Crippen molar-refractivity contribution in [2.75, 3.05) is 24.1 Å². The first-order valence-electron chi connectivity index (χ1n) is 9.33. The van der Waals surface area contributed by atoms with E-state index < -0.39 is 0 Å². The molecule has 0 amide bonds. The van der Waals surface area contributed by atoms with Gasteiger partial charge in [-0.2, -0.15) is 0 Å². The Kier molecular flexibility index (Phi) is 5.30. The molecule has 4 N–H and O–H groups in total. The van der Waals surface area contributed by atoms with E-state index in [1.165, 1.54) is 18.4 Å². The lowest BCUT2D eigenvalue weighted by molar-refractivity contribution is 0.126. The Morgan fingerprint density at radius 3 is 2.54 bits per heavy atom. The first-order valence-corrected chi connectivity index (χ1v) is 9.33. The van der Waals surface area contributed by atoms with Gasteiger partial charge < -0.3 is 16.2 Å². The first-order chi connectivity index (χ1) is 11.4. The zero-order chi connectivity index (χ0) is 17.2. The summed E-state index contributed by atoms with van der Waals surface area (Å²) in [6, 6.07) is 4.53. The monoisotopic (exact) mass is 332 g/mol. The number of nitrogens with zero attached hydrogens (tertiary/aromatic N) is 2. The Labute approximate surface area is 145 Å². The highest BCUT2D eigenvalue weighted by atomic mass is 16.3. The van der Waals surface area contributed by atoms with Crippen molar-refractivity contribution in [2.45, 2.75) is 71.1 Å². The molecule has 24 heavy (non-hydrogen) atoms. The maximum atomic E-state index is 9.63. The maximum Gasteiger partial charge on any atom is 0.128 e. The Morgan fingerprint density at radius 2 is 1.88 bits per heavy atom. The van der Waals surface area contributed by atoms with Crippen LogP contribution in [0.2, 0.25) is 0 Å². The number of nitrogen functional groups attached to an aromatic ring is 1. The number of nitrogens with one attached hydrogen (secondary N) is 1. The number of aliphatic hydroxyl groups is 1. The summed E-state index contributed by atoms with van der Waals surface area (Å²) in [6.07, 6.45) is 6.11. The molecule has 3 rings (SSSR count). The normalized spacial score (nSPS) is 27.8. The van der Waals surface area contributed by atoms with Gasteiger partial charge in [-0.05, 0) is 74.7 Å². The number of anilines is 2. The van der Waals surface area contributed by atoms with E-state index in [1.54, 1.807) is 0 Å². The van der Waals surface area contributed by atoms with Crippen LogP contribution in [-0.2, 0) is 6.54 Å². The van der Waals surface area contributed by atoms with E-state index in [-0.39, 0.29) is 6.10 Å². The van der Waals surface area contributed by atoms with Crippen LogP contribution in [0.3, 0.4) is 0 Å². The third-order valence-corrected chi connectivity index (χ3v) is 5.57. The SMILES string of the molecule is CC1(C)CCN(Cc2cc(N)nc(N[C@H]3CC[C@H](O)CC3)c2)CC1. The quantitative estimate of drug-likeness (QED) is 0.790. The number of rotatable bonds is 4. The molecule has 1 aliphatic heterocycles. The number of nitrogens with two attached hydrogens (primary N) is 1. The number of aliphatic hydroxyl groups excluding tert-OH is 1. The molecule has 2 aliphatic rings. The molecule has 134 valence electrons. The summed E-state index contributed by atoms with van der Waals surface area (Å²) >= 11 is 0. The predicted octanol–water partition coefficient (Wildman–Crippen LogP) is 3.00. The third-order valence-electron chi connectivity index (χ3n) is 5.57. The van der Waals surface area contributed by atoms with Crippen LogP contribution in [0, 0.1) is 5.41 Å². The molecule has 0 bridgehead atoms. The molecule has 0 radical (unpaired) electrons. The summed E-state index contributed by atoms with van der Waals surface area (Å²) in [6.45, 7) is 7.97. The Bertz CT molecular complexity index is 542. The van der Waals surface area contributed by atoms with E-state index in [2.05, 4.69) is 35.1 Å². The molecule has 1 aromatic rings. The van der Waals surface area contributed by atoms with Crippen molar-refractivity contribution in [3.63, 3.8) is 0 Å². The number of aromatic nitrogens is 1. The second kappa shape index (κ2) is 7.28. The highest BCUT2D eigenvalue weighted by molar-refractivity contribution is 5.47. The molecular formula is C19H32N4O. The fourth-order valence-corrected chi connectivity index (χ4v) is 3.78. The van der Waals surface area contributed by atoms with Crippen LogP contribution in [0.4, 0.5) is 11.6 Å². The van der Waals surface area contributed by atoms with Gasteiger partial charge in [0.25, 0.3) is 0 Å². The van der Waals surface area contributed by atoms with Crippen LogP contribution >= 0.6 is 0 Å². The number of hydrogen-bond acceptors (Lipinski definition) is 5. The summed E-state index contributed by atoms with van der Waals surface area (Å²) in [7, 11) is 0. The number of pyridine rings is 1. The van der Waals surface area contributed by atoms with E-state index in [0.29, 0.717) is 17.3 Å². The average molecular weight is 332 g/mol. The molecule has 2 heterocycles. The fraction of sp³-hybridized carbons (Fsp3) is 0.737. The van der Waals surface area contributed by atoms with Crippen LogP contribution in [0.15, 0.2) is 12.1 Å². The average Bonchev–Trinajstić information content (AvgIpc) is 2.51. The van der Waals surface area contributed by atoms with E-state index >= 15 is 0 Å². The summed E-state index contributed by atoms with van der Waals surface area (Å²) in [5.74, 6) is 1.46. The minimum absolute atomic E-state index is 0.129. The van der Waals surface area contributed by atoms with E-state index in [0.717, 1.165) is 51.1 Å².